The summed E-state index contributed by atoms with van der Waals surface area (Å²) in [7, 11) is 1.28. The summed E-state index contributed by atoms with van der Waals surface area (Å²) in [6, 6.07) is 7.14. The van der Waals surface area contributed by atoms with E-state index in [1.165, 1.54) is 19.2 Å². The summed E-state index contributed by atoms with van der Waals surface area (Å²) in [5.74, 6) is -1.44. The van der Waals surface area contributed by atoms with E-state index in [9.17, 15) is 27.5 Å². The number of benzene rings is 1. The predicted molar refractivity (Wildman–Crippen MR) is 135 cm³/mol. The number of carbonyl (C=O) groups excluding carboxylic acids is 1. The summed E-state index contributed by atoms with van der Waals surface area (Å²) in [4.78, 5) is 20.8. The van der Waals surface area contributed by atoms with Gasteiger partial charge in [0.05, 0.1) is 49.1 Å². The first-order valence-corrected chi connectivity index (χ1v) is 12.0. The normalized spacial score (nSPS) is 17.9. The summed E-state index contributed by atoms with van der Waals surface area (Å²) in [6.07, 6.45) is -4.17. The Bertz CT molecular complexity index is 1400. The molecular weight excluding hydrogens is 538 g/mol. The zero-order chi connectivity index (χ0) is 29.3. The van der Waals surface area contributed by atoms with E-state index in [-0.39, 0.29) is 53.8 Å². The van der Waals surface area contributed by atoms with E-state index < -0.39 is 41.3 Å². The maximum absolute atomic E-state index is 14.5. The van der Waals surface area contributed by atoms with Gasteiger partial charge in [0, 0.05) is 23.7 Å². The Morgan fingerprint density at radius 2 is 1.93 bits per heavy atom. The number of hydrogen-bond acceptors (Lipinski definition) is 9. The Hall–Kier alpha value is -4.01. The van der Waals surface area contributed by atoms with Gasteiger partial charge in [-0.3, -0.25) is 4.79 Å². The van der Waals surface area contributed by atoms with E-state index >= 15 is 0 Å². The van der Waals surface area contributed by atoms with Crippen LogP contribution in [0.4, 0.5) is 23.2 Å². The van der Waals surface area contributed by atoms with E-state index in [4.69, 9.17) is 20.3 Å². The predicted octanol–water partition coefficient (Wildman–Crippen LogP) is 2.44. The second-order valence-corrected chi connectivity index (χ2v) is 9.39. The molecule has 2 aromatic heterocycles. The summed E-state index contributed by atoms with van der Waals surface area (Å²) in [5, 5.41) is 25.1. The van der Waals surface area contributed by atoms with Crippen molar-refractivity contribution in [2.45, 2.75) is 24.2 Å². The lowest BCUT2D eigenvalue weighted by atomic mass is 9.89. The standard InChI is InChI=1S/C26H27F4N5O5/c1-24(31)12-33-22-16(24)9-20(35-21(22)14-3-5-15(27)6-4-14)25(38,26(28,29)30)13-34-23(37)17-10-18(39-2)19(11-32-17)40-8-7-36/h3-6,9-11,33,36,38H,7-8,12-13,31H2,1-2H3,(H,34,37)/t24-,25-/m1/s1. The molecule has 1 amide bonds. The first-order chi connectivity index (χ1) is 18.8. The fraction of sp³-hybridized carbons (Fsp3) is 0.346. The number of ether oxygens (including phenoxy) is 2. The molecular formula is C26H27F4N5O5. The molecule has 0 saturated carbocycles. The number of aromatic nitrogens is 2. The van der Waals surface area contributed by atoms with Gasteiger partial charge in [0.2, 0.25) is 5.60 Å². The molecule has 0 aliphatic carbocycles. The largest absolute Gasteiger partial charge is 0.493 e. The monoisotopic (exact) mass is 565 g/mol. The third-order valence-electron chi connectivity index (χ3n) is 6.42. The zero-order valence-electron chi connectivity index (χ0n) is 21.5. The van der Waals surface area contributed by atoms with Crippen molar-refractivity contribution in [1.29, 1.82) is 0 Å². The lowest BCUT2D eigenvalue weighted by Crippen LogP contribution is -2.52. The first kappa shape index (κ1) is 29.0. The van der Waals surface area contributed by atoms with Gasteiger partial charge in [0.25, 0.3) is 5.91 Å². The number of methoxy groups -OCH3 is 1. The number of aliphatic hydroxyl groups is 2. The molecule has 0 radical (unpaired) electrons. The number of fused-ring (bicyclic) bond motifs is 1. The van der Waals surface area contributed by atoms with Gasteiger partial charge >= 0.3 is 6.18 Å². The molecule has 4 rings (SSSR count). The Kier molecular flexibility index (Phi) is 7.87. The number of nitrogens with one attached hydrogen (secondary N) is 2. The Morgan fingerprint density at radius 1 is 1.23 bits per heavy atom. The minimum absolute atomic E-state index is 0.0283. The number of amides is 1. The molecule has 1 aliphatic heterocycles. The second kappa shape index (κ2) is 10.9. The highest BCUT2D eigenvalue weighted by molar-refractivity contribution is 5.93. The molecule has 2 atom stereocenters. The molecule has 14 heteroatoms. The first-order valence-electron chi connectivity index (χ1n) is 12.0. The number of rotatable bonds is 9. The van der Waals surface area contributed by atoms with Crippen LogP contribution < -0.4 is 25.8 Å². The molecule has 10 nitrogen and oxygen atoms in total. The van der Waals surface area contributed by atoms with Crippen LogP contribution in [0.5, 0.6) is 11.5 Å². The number of nitrogens with two attached hydrogens (primary N) is 1. The number of nitrogens with zero attached hydrogens (tertiary/aromatic N) is 2. The number of alkyl halides is 3. The van der Waals surface area contributed by atoms with Gasteiger partial charge in [-0.25, -0.2) is 14.4 Å². The van der Waals surface area contributed by atoms with Crippen molar-refractivity contribution in [3.8, 4) is 22.8 Å². The summed E-state index contributed by atoms with van der Waals surface area (Å²) in [5.41, 5.74) is 1.38. The minimum Gasteiger partial charge on any atom is -0.493 e. The van der Waals surface area contributed by atoms with Crippen LogP contribution in [-0.2, 0) is 11.1 Å². The van der Waals surface area contributed by atoms with E-state index in [0.29, 0.717) is 5.69 Å². The third-order valence-corrected chi connectivity index (χ3v) is 6.42. The quantitative estimate of drug-likeness (QED) is 0.246. The number of anilines is 1. The average Bonchev–Trinajstić information content (AvgIpc) is 3.23. The fourth-order valence-electron chi connectivity index (χ4n) is 4.18. The number of pyridine rings is 2. The van der Waals surface area contributed by atoms with Gasteiger partial charge in [-0.2, -0.15) is 13.2 Å². The molecule has 40 heavy (non-hydrogen) atoms. The SMILES string of the molecule is COc1cc(C(=O)NC[C@@](O)(c2cc3c(c(-c4ccc(F)cc4)n2)NC[C@@]3(C)N)C(F)(F)F)ncc1OCCO. The van der Waals surface area contributed by atoms with Gasteiger partial charge in [-0.15, -0.1) is 0 Å². The van der Waals surface area contributed by atoms with Gasteiger partial charge in [-0.05, 0) is 37.3 Å². The summed E-state index contributed by atoms with van der Waals surface area (Å²) >= 11 is 0. The van der Waals surface area contributed by atoms with Crippen molar-refractivity contribution in [3.05, 3.63) is 65.4 Å². The molecule has 3 heterocycles. The number of hydrogen-bond donors (Lipinski definition) is 5. The molecule has 0 spiro atoms. The van der Waals surface area contributed by atoms with Crippen LogP contribution in [0.25, 0.3) is 11.3 Å². The lowest BCUT2D eigenvalue weighted by Gasteiger charge is -2.31. The maximum Gasteiger partial charge on any atom is 0.424 e. The van der Waals surface area contributed by atoms with Crippen LogP contribution in [0.3, 0.4) is 0 Å². The van der Waals surface area contributed by atoms with E-state index in [2.05, 4.69) is 20.6 Å². The molecule has 0 fully saturated rings. The van der Waals surface area contributed by atoms with Gasteiger partial charge in [-0.1, -0.05) is 0 Å². The number of halogens is 4. The Morgan fingerprint density at radius 3 is 2.55 bits per heavy atom. The molecule has 6 N–H and O–H groups in total. The minimum atomic E-state index is -5.29. The highest BCUT2D eigenvalue weighted by Crippen LogP contribution is 2.45. The third kappa shape index (κ3) is 5.50. The Labute approximate surface area is 226 Å². The topological polar surface area (TPSA) is 152 Å². The van der Waals surface area contributed by atoms with Crippen molar-refractivity contribution in [1.82, 2.24) is 15.3 Å². The molecule has 214 valence electrons. The zero-order valence-corrected chi connectivity index (χ0v) is 21.5. The molecule has 0 bridgehead atoms. The summed E-state index contributed by atoms with van der Waals surface area (Å²) in [6.45, 7) is 0.0961. The smallest absolute Gasteiger partial charge is 0.424 e. The van der Waals surface area contributed by atoms with Crippen molar-refractivity contribution in [2.24, 2.45) is 5.73 Å². The highest BCUT2D eigenvalue weighted by atomic mass is 19.4. The van der Waals surface area contributed by atoms with E-state index in [0.717, 1.165) is 30.5 Å². The number of carbonyl (C=O) groups is 1. The molecule has 0 unspecified atom stereocenters. The Balaban J connectivity index is 1.71. The molecule has 1 aromatic carbocycles. The van der Waals surface area contributed by atoms with Gasteiger partial charge in [0.1, 0.15) is 18.1 Å². The fourth-order valence-corrected chi connectivity index (χ4v) is 4.18. The van der Waals surface area contributed by atoms with Crippen molar-refractivity contribution in [2.75, 3.05) is 38.7 Å². The highest BCUT2D eigenvalue weighted by Gasteiger charge is 2.57. The van der Waals surface area contributed by atoms with Crippen molar-refractivity contribution in [3.63, 3.8) is 0 Å². The summed E-state index contributed by atoms with van der Waals surface area (Å²) < 4.78 is 67.3. The van der Waals surface area contributed by atoms with Gasteiger partial charge in [0.15, 0.2) is 11.5 Å². The second-order valence-electron chi connectivity index (χ2n) is 9.39. The number of aliphatic hydroxyl groups excluding tert-OH is 1. The van der Waals surface area contributed by atoms with Crippen LogP contribution in [-0.4, -0.2) is 65.7 Å². The van der Waals surface area contributed by atoms with Crippen LogP contribution in [0.1, 0.15) is 28.7 Å². The molecule has 0 saturated heterocycles. The van der Waals surface area contributed by atoms with E-state index in [1.54, 1.807) is 6.92 Å². The van der Waals surface area contributed by atoms with Crippen LogP contribution >= 0.6 is 0 Å². The van der Waals surface area contributed by atoms with Crippen LogP contribution in [0.2, 0.25) is 0 Å². The van der Waals surface area contributed by atoms with Crippen molar-refractivity contribution >= 4 is 11.6 Å². The van der Waals surface area contributed by atoms with Crippen LogP contribution in [0, 0.1) is 5.82 Å². The molecule has 3 aromatic rings. The van der Waals surface area contributed by atoms with Gasteiger partial charge < -0.3 is 36.1 Å². The van der Waals surface area contributed by atoms with E-state index in [1.807, 2.05) is 0 Å². The molecule has 1 aliphatic rings. The van der Waals surface area contributed by atoms with Crippen LogP contribution in [0.15, 0.2) is 42.6 Å². The average molecular weight is 566 g/mol. The lowest BCUT2D eigenvalue weighted by molar-refractivity contribution is -0.265. The maximum atomic E-state index is 14.5. The van der Waals surface area contributed by atoms with Crippen molar-refractivity contribution < 1.29 is 42.0 Å².